The average Bonchev–Trinajstić information content (AvgIpc) is 3.35. The Labute approximate surface area is 182 Å². The fourth-order valence-electron chi connectivity index (χ4n) is 4.81. The Kier molecular flexibility index (Phi) is 4.85. The minimum atomic E-state index is 0.123. The summed E-state index contributed by atoms with van der Waals surface area (Å²) in [6.45, 7) is 7.69. The van der Waals surface area contributed by atoms with Crippen LogP contribution in [0.4, 0.5) is 0 Å². The number of piperidine rings is 1. The number of hydrogen-bond acceptors (Lipinski definition) is 3. The van der Waals surface area contributed by atoms with Crippen LogP contribution in [0.5, 0.6) is 0 Å². The fourth-order valence-corrected chi connectivity index (χ4v) is 4.81. The van der Waals surface area contributed by atoms with Gasteiger partial charge in [0.2, 0.25) is 0 Å². The molecule has 0 saturated carbocycles. The molecule has 1 aliphatic rings. The van der Waals surface area contributed by atoms with Gasteiger partial charge in [-0.05, 0) is 63.4 Å². The zero-order valence-corrected chi connectivity index (χ0v) is 18.2. The number of benzene rings is 1. The van der Waals surface area contributed by atoms with Crippen LogP contribution in [0.2, 0.25) is 0 Å². The van der Waals surface area contributed by atoms with Crippen molar-refractivity contribution in [2.45, 2.75) is 39.5 Å². The zero-order chi connectivity index (χ0) is 21.5. The summed E-state index contributed by atoms with van der Waals surface area (Å²) in [6, 6.07) is 16.3. The standard InChI is InChI=1S/C25H27N5O/c1-17-8-4-5-9-22(17)30-18(2)16-21(19(30)3)25(31)28-14-11-20(12-15-28)24-27-26-23-10-6-7-13-29(23)24/h4-10,13,16,20H,11-12,14-15H2,1-3H3. The Morgan fingerprint density at radius 1 is 0.968 bits per heavy atom. The summed E-state index contributed by atoms with van der Waals surface area (Å²) in [6.07, 6.45) is 3.82. The van der Waals surface area contributed by atoms with E-state index in [1.54, 1.807) is 0 Å². The molecule has 6 nitrogen and oxygen atoms in total. The summed E-state index contributed by atoms with van der Waals surface area (Å²) in [5.41, 5.74) is 6.09. The predicted molar refractivity (Wildman–Crippen MR) is 121 cm³/mol. The van der Waals surface area contributed by atoms with Gasteiger partial charge in [0.15, 0.2) is 5.65 Å². The van der Waals surface area contributed by atoms with Crippen molar-refractivity contribution in [1.29, 1.82) is 0 Å². The highest BCUT2D eigenvalue weighted by Gasteiger charge is 2.29. The SMILES string of the molecule is Cc1ccccc1-n1c(C)cc(C(=O)N2CCC(c3nnc4ccccn34)CC2)c1C. The van der Waals surface area contributed by atoms with E-state index in [2.05, 4.69) is 45.1 Å². The van der Waals surface area contributed by atoms with Crippen molar-refractivity contribution >= 4 is 11.6 Å². The molecule has 0 N–H and O–H groups in total. The molecular formula is C25H27N5O. The molecule has 5 rings (SSSR count). The van der Waals surface area contributed by atoms with E-state index in [0.717, 1.165) is 60.0 Å². The third kappa shape index (κ3) is 3.32. The number of aromatic nitrogens is 4. The van der Waals surface area contributed by atoms with Gasteiger partial charge in [-0.15, -0.1) is 10.2 Å². The van der Waals surface area contributed by atoms with Gasteiger partial charge in [-0.2, -0.15) is 0 Å². The van der Waals surface area contributed by atoms with Crippen molar-refractivity contribution < 1.29 is 4.79 Å². The summed E-state index contributed by atoms with van der Waals surface area (Å²) in [7, 11) is 0. The van der Waals surface area contributed by atoms with E-state index in [4.69, 9.17) is 0 Å². The molecular weight excluding hydrogens is 386 g/mol. The molecule has 1 amide bonds. The van der Waals surface area contributed by atoms with E-state index >= 15 is 0 Å². The summed E-state index contributed by atoms with van der Waals surface area (Å²) >= 11 is 0. The van der Waals surface area contributed by atoms with Crippen LogP contribution < -0.4 is 0 Å². The lowest BCUT2D eigenvalue weighted by molar-refractivity contribution is 0.0710. The van der Waals surface area contributed by atoms with Crippen molar-refractivity contribution in [2.75, 3.05) is 13.1 Å². The van der Waals surface area contributed by atoms with Crippen LogP contribution in [0.3, 0.4) is 0 Å². The normalized spacial score (nSPS) is 15.0. The molecule has 158 valence electrons. The fraction of sp³-hybridized carbons (Fsp3) is 0.320. The van der Waals surface area contributed by atoms with Crippen molar-refractivity contribution in [2.24, 2.45) is 0 Å². The summed E-state index contributed by atoms with van der Waals surface area (Å²) in [5, 5.41) is 8.71. The number of pyridine rings is 1. The molecule has 0 radical (unpaired) electrons. The van der Waals surface area contributed by atoms with Gasteiger partial charge in [0.1, 0.15) is 5.82 Å². The number of para-hydroxylation sites is 1. The molecule has 0 spiro atoms. The van der Waals surface area contributed by atoms with E-state index in [-0.39, 0.29) is 5.91 Å². The van der Waals surface area contributed by atoms with Crippen molar-refractivity contribution in [3.8, 4) is 5.69 Å². The molecule has 31 heavy (non-hydrogen) atoms. The number of carbonyl (C=O) groups is 1. The first-order valence-electron chi connectivity index (χ1n) is 10.9. The van der Waals surface area contributed by atoms with E-state index in [9.17, 15) is 4.79 Å². The number of hydrogen-bond donors (Lipinski definition) is 0. The topological polar surface area (TPSA) is 55.4 Å². The van der Waals surface area contributed by atoms with E-state index < -0.39 is 0 Å². The maximum absolute atomic E-state index is 13.4. The summed E-state index contributed by atoms with van der Waals surface area (Å²) < 4.78 is 4.26. The molecule has 3 aromatic heterocycles. The maximum Gasteiger partial charge on any atom is 0.255 e. The smallest absolute Gasteiger partial charge is 0.255 e. The minimum Gasteiger partial charge on any atom is -0.339 e. The largest absolute Gasteiger partial charge is 0.339 e. The lowest BCUT2D eigenvalue weighted by atomic mass is 9.95. The monoisotopic (exact) mass is 413 g/mol. The van der Waals surface area contributed by atoms with Gasteiger partial charge >= 0.3 is 0 Å². The molecule has 0 bridgehead atoms. The number of fused-ring (bicyclic) bond motifs is 1. The molecule has 4 heterocycles. The molecule has 1 saturated heterocycles. The molecule has 0 aliphatic carbocycles. The number of aryl methyl sites for hydroxylation is 2. The summed E-state index contributed by atoms with van der Waals surface area (Å²) in [4.78, 5) is 15.4. The highest BCUT2D eigenvalue weighted by atomic mass is 16.2. The molecule has 4 aromatic rings. The maximum atomic E-state index is 13.4. The van der Waals surface area contributed by atoms with E-state index in [1.807, 2.05) is 54.4 Å². The van der Waals surface area contributed by atoms with Crippen LogP contribution in [0.25, 0.3) is 11.3 Å². The number of nitrogens with zero attached hydrogens (tertiary/aromatic N) is 5. The van der Waals surface area contributed by atoms with Crippen molar-refractivity contribution in [3.05, 3.63) is 83.1 Å². The van der Waals surface area contributed by atoms with Crippen LogP contribution in [-0.2, 0) is 0 Å². The Balaban J connectivity index is 1.35. The molecule has 1 aromatic carbocycles. The van der Waals surface area contributed by atoms with Crippen LogP contribution in [0.1, 0.15) is 51.9 Å². The lowest BCUT2D eigenvalue weighted by Gasteiger charge is -2.31. The first-order valence-corrected chi connectivity index (χ1v) is 10.9. The number of rotatable bonds is 3. The van der Waals surface area contributed by atoms with Gasteiger partial charge in [-0.1, -0.05) is 24.3 Å². The molecule has 0 unspecified atom stereocenters. The van der Waals surface area contributed by atoms with Gasteiger partial charge in [0, 0.05) is 42.3 Å². The number of likely N-dealkylation sites (tertiary alicyclic amines) is 1. The molecule has 1 fully saturated rings. The van der Waals surface area contributed by atoms with Crippen LogP contribution in [-0.4, -0.2) is 43.1 Å². The van der Waals surface area contributed by atoms with E-state index in [0.29, 0.717) is 5.92 Å². The van der Waals surface area contributed by atoms with Gasteiger partial charge in [-0.3, -0.25) is 9.20 Å². The molecule has 6 heteroatoms. The minimum absolute atomic E-state index is 0.123. The first kappa shape index (κ1) is 19.5. The zero-order valence-electron chi connectivity index (χ0n) is 18.2. The molecule has 1 aliphatic heterocycles. The summed E-state index contributed by atoms with van der Waals surface area (Å²) in [5.74, 6) is 1.44. The quantitative estimate of drug-likeness (QED) is 0.498. The third-order valence-corrected chi connectivity index (χ3v) is 6.51. The Bertz CT molecular complexity index is 1260. The second-order valence-corrected chi connectivity index (χ2v) is 8.46. The van der Waals surface area contributed by atoms with Gasteiger partial charge in [0.25, 0.3) is 5.91 Å². The van der Waals surface area contributed by atoms with Crippen molar-refractivity contribution in [1.82, 2.24) is 24.1 Å². The first-order chi connectivity index (χ1) is 15.0. The van der Waals surface area contributed by atoms with Gasteiger partial charge < -0.3 is 9.47 Å². The van der Waals surface area contributed by atoms with Gasteiger partial charge in [0.05, 0.1) is 5.56 Å². The predicted octanol–water partition coefficient (Wildman–Crippen LogP) is 4.47. The van der Waals surface area contributed by atoms with Crippen LogP contribution >= 0.6 is 0 Å². The Morgan fingerprint density at radius 3 is 2.48 bits per heavy atom. The number of carbonyl (C=O) groups excluding carboxylic acids is 1. The second-order valence-electron chi connectivity index (χ2n) is 8.46. The lowest BCUT2D eigenvalue weighted by Crippen LogP contribution is -2.38. The van der Waals surface area contributed by atoms with Gasteiger partial charge in [-0.25, -0.2) is 0 Å². The third-order valence-electron chi connectivity index (χ3n) is 6.51. The van der Waals surface area contributed by atoms with Crippen LogP contribution in [0, 0.1) is 20.8 Å². The Morgan fingerprint density at radius 2 is 1.71 bits per heavy atom. The highest BCUT2D eigenvalue weighted by molar-refractivity contribution is 5.96. The number of amides is 1. The molecule has 0 atom stereocenters. The Hall–Kier alpha value is -3.41. The van der Waals surface area contributed by atoms with E-state index in [1.165, 1.54) is 5.56 Å². The highest BCUT2D eigenvalue weighted by Crippen LogP contribution is 2.29. The average molecular weight is 414 g/mol. The van der Waals surface area contributed by atoms with Crippen LogP contribution in [0.15, 0.2) is 54.7 Å². The second kappa shape index (κ2) is 7.69. The van der Waals surface area contributed by atoms with Crippen molar-refractivity contribution in [3.63, 3.8) is 0 Å².